The average Bonchev–Trinajstić information content (AvgIpc) is 3.34. The zero-order valence-electron chi connectivity index (χ0n) is 19.8. The minimum Gasteiger partial charge on any atom is -0.437 e. The summed E-state index contributed by atoms with van der Waals surface area (Å²) >= 11 is 0. The molecule has 0 bridgehead atoms. The number of aliphatic imine (C=N–C) groups is 1. The van der Waals surface area contributed by atoms with Crippen LogP contribution in [0.5, 0.6) is 0 Å². The van der Waals surface area contributed by atoms with E-state index < -0.39 is 0 Å². The molecule has 0 aliphatic heterocycles. The lowest BCUT2D eigenvalue weighted by molar-refractivity contribution is 0.618. The van der Waals surface area contributed by atoms with Gasteiger partial charge in [0, 0.05) is 17.3 Å². The summed E-state index contributed by atoms with van der Waals surface area (Å²) in [5.41, 5.74) is 8.00. The molecule has 6 aromatic rings. The van der Waals surface area contributed by atoms with Gasteiger partial charge in [-0.2, -0.15) is 0 Å². The van der Waals surface area contributed by atoms with Crippen molar-refractivity contribution in [3.8, 4) is 33.6 Å². The Morgan fingerprint density at radius 3 is 1.94 bits per heavy atom. The molecule has 4 nitrogen and oxygen atoms in total. The largest absolute Gasteiger partial charge is 0.437 e. The highest BCUT2D eigenvalue weighted by molar-refractivity contribution is 6.06. The van der Waals surface area contributed by atoms with Crippen LogP contribution in [0.15, 0.2) is 125 Å². The van der Waals surface area contributed by atoms with Crippen LogP contribution in [0, 0.1) is 6.92 Å². The minimum absolute atomic E-state index is 0.516. The molecule has 0 saturated heterocycles. The molecular weight excluding hydrogens is 442 g/mol. The normalized spacial score (nSPS) is 11.4. The molecule has 0 N–H and O–H groups in total. The van der Waals surface area contributed by atoms with Crippen LogP contribution in [0.2, 0.25) is 0 Å². The molecule has 0 radical (unpaired) electrons. The first-order valence-electron chi connectivity index (χ1n) is 11.9. The van der Waals surface area contributed by atoms with Crippen LogP contribution in [0.3, 0.4) is 0 Å². The fourth-order valence-electron chi connectivity index (χ4n) is 4.33. The Labute approximate surface area is 209 Å². The molecule has 2 heterocycles. The molecule has 0 atom stereocenters. The van der Waals surface area contributed by atoms with Gasteiger partial charge in [0.2, 0.25) is 5.71 Å². The van der Waals surface area contributed by atoms with E-state index in [2.05, 4.69) is 77.6 Å². The first kappa shape index (κ1) is 21.7. The lowest BCUT2D eigenvalue weighted by Gasteiger charge is -2.06. The minimum atomic E-state index is 0.516. The van der Waals surface area contributed by atoms with Gasteiger partial charge in [-0.25, -0.2) is 15.0 Å². The van der Waals surface area contributed by atoms with Gasteiger partial charge in [0.05, 0.1) is 5.39 Å². The number of fused-ring (bicyclic) bond motifs is 1. The lowest BCUT2D eigenvalue weighted by Crippen LogP contribution is -1.86. The number of aromatic nitrogens is 2. The molecular formula is C32H23N3O. The molecule has 4 aromatic carbocycles. The van der Waals surface area contributed by atoms with Crippen molar-refractivity contribution in [3.63, 3.8) is 0 Å². The van der Waals surface area contributed by atoms with Crippen molar-refractivity contribution in [2.45, 2.75) is 6.92 Å². The Bertz CT molecular complexity index is 1650. The summed E-state index contributed by atoms with van der Waals surface area (Å²) in [5.74, 6) is 1.33. The van der Waals surface area contributed by atoms with Gasteiger partial charge in [0.25, 0.3) is 0 Å². The smallest absolute Gasteiger partial charge is 0.232 e. The Morgan fingerprint density at radius 2 is 1.25 bits per heavy atom. The Balaban J connectivity index is 1.50. The zero-order chi connectivity index (χ0) is 24.3. The Hall–Kier alpha value is -4.83. The van der Waals surface area contributed by atoms with Crippen LogP contribution in [0.4, 0.5) is 5.82 Å². The molecule has 4 heteroatoms. The third-order valence-electron chi connectivity index (χ3n) is 6.20. The van der Waals surface area contributed by atoms with E-state index in [-0.39, 0.29) is 0 Å². The van der Waals surface area contributed by atoms with Crippen molar-refractivity contribution >= 4 is 23.1 Å². The Kier molecular flexibility index (Phi) is 5.68. The molecule has 0 unspecified atom stereocenters. The molecule has 0 spiro atoms. The topological polar surface area (TPSA) is 51.3 Å². The second-order valence-corrected chi connectivity index (χ2v) is 8.66. The molecule has 172 valence electrons. The highest BCUT2D eigenvalue weighted by Gasteiger charge is 2.22. The van der Waals surface area contributed by atoms with E-state index in [0.717, 1.165) is 39.0 Å². The van der Waals surface area contributed by atoms with Gasteiger partial charge >= 0.3 is 0 Å². The summed E-state index contributed by atoms with van der Waals surface area (Å²) in [5, 5.41) is 0.800. The molecule has 0 fully saturated rings. The van der Waals surface area contributed by atoms with E-state index >= 15 is 0 Å². The summed E-state index contributed by atoms with van der Waals surface area (Å²) in [6.07, 6.45) is 3.34. The Morgan fingerprint density at radius 1 is 0.639 bits per heavy atom. The molecule has 2 aromatic heterocycles. The number of furan rings is 1. The average molecular weight is 466 g/mol. The van der Waals surface area contributed by atoms with Gasteiger partial charge in [-0.15, -0.1) is 0 Å². The number of rotatable bonds is 5. The van der Waals surface area contributed by atoms with Crippen LogP contribution in [0.25, 0.3) is 44.7 Å². The van der Waals surface area contributed by atoms with Gasteiger partial charge in [-0.05, 0) is 29.2 Å². The van der Waals surface area contributed by atoms with Gasteiger partial charge < -0.3 is 4.42 Å². The number of hydrogen-bond donors (Lipinski definition) is 0. The van der Waals surface area contributed by atoms with Gasteiger partial charge in [0.1, 0.15) is 12.1 Å². The second-order valence-electron chi connectivity index (χ2n) is 8.66. The number of aryl methyl sites for hydroxylation is 1. The summed E-state index contributed by atoms with van der Waals surface area (Å²) in [7, 11) is 0. The van der Waals surface area contributed by atoms with E-state index in [0.29, 0.717) is 11.5 Å². The van der Waals surface area contributed by atoms with E-state index in [9.17, 15) is 0 Å². The van der Waals surface area contributed by atoms with Crippen molar-refractivity contribution < 1.29 is 4.42 Å². The molecule has 0 amide bonds. The van der Waals surface area contributed by atoms with Crippen LogP contribution >= 0.6 is 0 Å². The third-order valence-corrected chi connectivity index (χ3v) is 6.20. The predicted molar refractivity (Wildman–Crippen MR) is 147 cm³/mol. The maximum Gasteiger partial charge on any atom is 0.232 e. The summed E-state index contributed by atoms with van der Waals surface area (Å²) in [6.45, 7) is 2.07. The van der Waals surface area contributed by atoms with Crippen molar-refractivity contribution in [3.05, 3.63) is 127 Å². The number of benzene rings is 4. The molecule has 0 aliphatic rings. The van der Waals surface area contributed by atoms with Crippen LogP contribution in [-0.2, 0) is 0 Å². The van der Waals surface area contributed by atoms with Crippen LogP contribution in [0.1, 0.15) is 11.1 Å². The van der Waals surface area contributed by atoms with E-state index in [1.807, 2.05) is 54.7 Å². The van der Waals surface area contributed by atoms with E-state index in [1.54, 1.807) is 0 Å². The van der Waals surface area contributed by atoms with Crippen molar-refractivity contribution in [2.24, 2.45) is 4.99 Å². The summed E-state index contributed by atoms with van der Waals surface area (Å²) < 4.78 is 6.37. The van der Waals surface area contributed by atoms with Crippen LogP contribution < -0.4 is 0 Å². The molecule has 36 heavy (non-hydrogen) atoms. The predicted octanol–water partition coefficient (Wildman–Crippen LogP) is 8.28. The maximum absolute atomic E-state index is 6.37. The van der Waals surface area contributed by atoms with Crippen molar-refractivity contribution in [1.82, 2.24) is 9.97 Å². The quantitative estimate of drug-likeness (QED) is 0.241. The highest BCUT2D eigenvalue weighted by atomic mass is 16.3. The maximum atomic E-state index is 6.37. The number of hydrogen-bond acceptors (Lipinski definition) is 4. The first-order chi connectivity index (χ1) is 17.8. The zero-order valence-corrected chi connectivity index (χ0v) is 19.8. The highest BCUT2D eigenvalue weighted by Crippen LogP contribution is 2.43. The van der Waals surface area contributed by atoms with Gasteiger partial charge in [-0.1, -0.05) is 115 Å². The summed E-state index contributed by atoms with van der Waals surface area (Å²) in [4.78, 5) is 13.7. The second kappa shape index (κ2) is 9.43. The standard InChI is InChI=1S/C32H23N3O/c1-22-12-14-23(15-13-22)20-33-31-29-28(26-10-6-3-7-11-26)30(36-32(29)35-21-34-31)27-18-16-25(17-19-27)24-8-4-2-5-9-24/h2-21H,1H3. The fraction of sp³-hybridized carbons (Fsp3) is 0.0312. The monoisotopic (exact) mass is 465 g/mol. The van der Waals surface area contributed by atoms with Crippen molar-refractivity contribution in [2.75, 3.05) is 0 Å². The van der Waals surface area contributed by atoms with E-state index in [4.69, 9.17) is 9.41 Å². The van der Waals surface area contributed by atoms with E-state index in [1.165, 1.54) is 17.5 Å². The van der Waals surface area contributed by atoms with Gasteiger partial charge in [-0.3, -0.25) is 0 Å². The molecule has 0 aliphatic carbocycles. The summed E-state index contributed by atoms with van der Waals surface area (Å²) in [6, 6.07) is 37.2. The SMILES string of the molecule is Cc1ccc(C=Nc2ncnc3oc(-c4ccc(-c5ccccc5)cc4)c(-c4ccccc4)c23)cc1. The van der Waals surface area contributed by atoms with Crippen LogP contribution in [-0.4, -0.2) is 16.2 Å². The molecule has 0 saturated carbocycles. The first-order valence-corrected chi connectivity index (χ1v) is 11.9. The lowest BCUT2D eigenvalue weighted by atomic mass is 9.97. The fourth-order valence-corrected chi connectivity index (χ4v) is 4.33. The number of nitrogens with zero attached hydrogens (tertiary/aromatic N) is 3. The van der Waals surface area contributed by atoms with Gasteiger partial charge in [0.15, 0.2) is 5.82 Å². The molecule has 6 rings (SSSR count). The third kappa shape index (κ3) is 4.21. The van der Waals surface area contributed by atoms with Crippen molar-refractivity contribution in [1.29, 1.82) is 0 Å².